The van der Waals surface area contributed by atoms with Gasteiger partial charge in [0.1, 0.15) is 11.6 Å². The van der Waals surface area contributed by atoms with Gasteiger partial charge >= 0.3 is 12.1 Å². The third kappa shape index (κ3) is 4.45. The van der Waals surface area contributed by atoms with Crippen LogP contribution in [-0.2, 0) is 22.3 Å². The van der Waals surface area contributed by atoms with E-state index in [1.165, 1.54) is 29.5 Å². The summed E-state index contributed by atoms with van der Waals surface area (Å²) in [5.41, 5.74) is 0.335. The van der Waals surface area contributed by atoms with Gasteiger partial charge in [0.25, 0.3) is 0 Å². The summed E-state index contributed by atoms with van der Waals surface area (Å²) in [5.74, 6) is -0.642. The number of carbonyl (C=O) groups is 1. The minimum atomic E-state index is -4.42. The number of fused-ring (bicyclic) bond motifs is 1. The van der Waals surface area contributed by atoms with E-state index in [4.69, 9.17) is 4.74 Å². The van der Waals surface area contributed by atoms with E-state index in [0.717, 1.165) is 28.4 Å². The van der Waals surface area contributed by atoms with Gasteiger partial charge < -0.3 is 4.74 Å². The molecule has 3 nitrogen and oxygen atoms in total. The molecule has 0 bridgehead atoms. The number of benzene rings is 2. The topological polar surface area (TPSA) is 39.2 Å². The van der Waals surface area contributed by atoms with Crippen molar-refractivity contribution >= 4 is 33.6 Å². The number of rotatable bonds is 4. The molecule has 0 atom stereocenters. The van der Waals surface area contributed by atoms with E-state index in [2.05, 4.69) is 4.98 Å². The van der Waals surface area contributed by atoms with Crippen LogP contribution >= 0.6 is 11.3 Å². The highest BCUT2D eigenvalue weighted by atomic mass is 32.1. The predicted molar refractivity (Wildman–Crippen MR) is 89.9 cm³/mol. The first kappa shape index (κ1) is 17.2. The first-order valence-electron chi connectivity index (χ1n) is 7.28. The Kier molecular flexibility index (Phi) is 4.85. The predicted octanol–water partition coefficient (Wildman–Crippen LogP) is 5.07. The smallest absolute Gasteiger partial charge is 0.416 e. The zero-order chi connectivity index (χ0) is 17.9. The van der Waals surface area contributed by atoms with Crippen molar-refractivity contribution in [2.45, 2.75) is 12.8 Å². The zero-order valence-electron chi connectivity index (χ0n) is 12.8. The van der Waals surface area contributed by atoms with Crippen LogP contribution < -0.4 is 0 Å². The lowest BCUT2D eigenvalue weighted by atomic mass is 10.1. The first-order valence-corrected chi connectivity index (χ1v) is 8.10. The van der Waals surface area contributed by atoms with Crippen molar-refractivity contribution in [3.63, 3.8) is 0 Å². The lowest BCUT2D eigenvalue weighted by Gasteiger charge is -2.06. The zero-order valence-corrected chi connectivity index (χ0v) is 13.6. The number of halogens is 3. The van der Waals surface area contributed by atoms with E-state index in [9.17, 15) is 18.0 Å². The summed E-state index contributed by atoms with van der Waals surface area (Å²) >= 11 is 1.42. The lowest BCUT2D eigenvalue weighted by Crippen LogP contribution is -2.04. The molecule has 25 heavy (non-hydrogen) atoms. The van der Waals surface area contributed by atoms with E-state index in [1.807, 2.05) is 24.3 Å². The summed E-state index contributed by atoms with van der Waals surface area (Å²) in [4.78, 5) is 16.1. The second-order valence-electron chi connectivity index (χ2n) is 5.14. The molecule has 0 amide bonds. The molecule has 1 heterocycles. The average molecular weight is 363 g/mol. The van der Waals surface area contributed by atoms with Gasteiger partial charge in [-0.2, -0.15) is 13.2 Å². The maximum Gasteiger partial charge on any atom is 0.416 e. The Morgan fingerprint density at radius 2 is 1.96 bits per heavy atom. The number of esters is 1. The van der Waals surface area contributed by atoms with Crippen LogP contribution in [0.4, 0.5) is 13.2 Å². The number of nitrogens with zero attached hydrogens (tertiary/aromatic N) is 1. The fraction of sp³-hybridized carbons (Fsp3) is 0.111. The van der Waals surface area contributed by atoms with Gasteiger partial charge in [0, 0.05) is 6.08 Å². The van der Waals surface area contributed by atoms with Gasteiger partial charge in [-0.05, 0) is 35.9 Å². The third-order valence-electron chi connectivity index (χ3n) is 3.30. The molecule has 2 aromatic carbocycles. The number of hydrogen-bond acceptors (Lipinski definition) is 4. The molecule has 3 rings (SSSR count). The number of thiazole rings is 1. The molecule has 0 radical (unpaired) electrons. The molecule has 128 valence electrons. The molecule has 3 aromatic rings. The summed E-state index contributed by atoms with van der Waals surface area (Å²) in [6.07, 6.45) is -2.03. The number of aromatic nitrogens is 1. The van der Waals surface area contributed by atoms with Crippen LogP contribution in [0.5, 0.6) is 0 Å². The minimum absolute atomic E-state index is 0.0190. The van der Waals surface area contributed by atoms with Crippen molar-refractivity contribution in [1.82, 2.24) is 4.98 Å². The number of hydrogen-bond donors (Lipinski definition) is 0. The Bertz CT molecular complexity index is 898. The van der Waals surface area contributed by atoms with Gasteiger partial charge in [0.05, 0.1) is 15.8 Å². The second kappa shape index (κ2) is 7.06. The van der Waals surface area contributed by atoms with Crippen molar-refractivity contribution in [3.05, 3.63) is 70.7 Å². The molecule has 0 aliphatic rings. The van der Waals surface area contributed by atoms with E-state index < -0.39 is 17.7 Å². The molecule has 0 unspecified atom stereocenters. The van der Waals surface area contributed by atoms with Gasteiger partial charge in [-0.3, -0.25) is 0 Å². The summed E-state index contributed by atoms with van der Waals surface area (Å²) < 4.78 is 44.0. The van der Waals surface area contributed by atoms with E-state index in [-0.39, 0.29) is 12.2 Å². The Hall–Kier alpha value is -2.67. The van der Waals surface area contributed by atoms with Crippen LogP contribution in [0.1, 0.15) is 16.1 Å². The molecule has 1 aromatic heterocycles. The molecule has 7 heteroatoms. The van der Waals surface area contributed by atoms with E-state index >= 15 is 0 Å². The third-order valence-corrected chi connectivity index (χ3v) is 4.31. The highest BCUT2D eigenvalue weighted by Gasteiger charge is 2.30. The lowest BCUT2D eigenvalue weighted by molar-refractivity contribution is -0.139. The molecule has 0 aliphatic carbocycles. The van der Waals surface area contributed by atoms with Crippen molar-refractivity contribution < 1.29 is 22.7 Å². The molecule has 0 N–H and O–H groups in total. The van der Waals surface area contributed by atoms with Gasteiger partial charge in [-0.1, -0.05) is 24.3 Å². The minimum Gasteiger partial charge on any atom is -0.455 e. The van der Waals surface area contributed by atoms with Gasteiger partial charge in [-0.25, -0.2) is 9.78 Å². The standard InChI is InChI=1S/C18H12F3NO2S/c19-18(20,21)13-5-3-4-12(10-13)8-9-17(23)24-11-16-22-14-6-1-2-7-15(14)25-16/h1-10H,11H2. The van der Waals surface area contributed by atoms with Crippen molar-refractivity contribution in [3.8, 4) is 0 Å². The van der Waals surface area contributed by atoms with Crippen LogP contribution in [-0.4, -0.2) is 11.0 Å². The monoisotopic (exact) mass is 363 g/mol. The SMILES string of the molecule is O=C(C=Cc1cccc(C(F)(F)F)c1)OCc1nc2ccccc2s1. The van der Waals surface area contributed by atoms with Crippen LogP contribution in [0.2, 0.25) is 0 Å². The Morgan fingerprint density at radius 1 is 1.16 bits per heavy atom. The van der Waals surface area contributed by atoms with Crippen molar-refractivity contribution in [2.24, 2.45) is 0 Å². The maximum atomic E-state index is 12.6. The highest BCUT2D eigenvalue weighted by molar-refractivity contribution is 7.18. The van der Waals surface area contributed by atoms with Crippen LogP contribution in [0.25, 0.3) is 16.3 Å². The maximum absolute atomic E-state index is 12.6. The number of ether oxygens (including phenoxy) is 1. The van der Waals surface area contributed by atoms with Gasteiger partial charge in [0.2, 0.25) is 0 Å². The largest absolute Gasteiger partial charge is 0.455 e. The molecule has 0 spiro atoms. The van der Waals surface area contributed by atoms with Crippen LogP contribution in [0.3, 0.4) is 0 Å². The van der Waals surface area contributed by atoms with Gasteiger partial charge in [-0.15, -0.1) is 11.3 Å². The molecule has 0 saturated carbocycles. The summed E-state index contributed by atoms with van der Waals surface area (Å²) in [6.45, 7) is 0.0190. The van der Waals surface area contributed by atoms with Crippen molar-refractivity contribution in [1.29, 1.82) is 0 Å². The quantitative estimate of drug-likeness (QED) is 0.480. The van der Waals surface area contributed by atoms with E-state index in [1.54, 1.807) is 0 Å². The van der Waals surface area contributed by atoms with Crippen molar-refractivity contribution in [2.75, 3.05) is 0 Å². The molecule has 0 saturated heterocycles. The number of alkyl halides is 3. The number of carbonyl (C=O) groups excluding carboxylic acids is 1. The van der Waals surface area contributed by atoms with Gasteiger partial charge in [0.15, 0.2) is 0 Å². The Balaban J connectivity index is 1.61. The molecular formula is C18H12F3NO2S. The van der Waals surface area contributed by atoms with E-state index in [0.29, 0.717) is 5.01 Å². The first-order chi connectivity index (χ1) is 11.9. The van der Waals surface area contributed by atoms with Crippen LogP contribution in [0.15, 0.2) is 54.6 Å². The molecule has 0 fully saturated rings. The summed E-state index contributed by atoms with van der Waals surface area (Å²) in [6, 6.07) is 12.3. The van der Waals surface area contributed by atoms with Crippen LogP contribution in [0, 0.1) is 0 Å². The normalized spacial score (nSPS) is 12.0. The Labute approximate surface area is 145 Å². The Morgan fingerprint density at radius 3 is 2.72 bits per heavy atom. The molecule has 0 aliphatic heterocycles. The summed E-state index contributed by atoms with van der Waals surface area (Å²) in [7, 11) is 0. The number of para-hydroxylation sites is 1. The average Bonchev–Trinajstić information content (AvgIpc) is 3.00. The summed E-state index contributed by atoms with van der Waals surface area (Å²) in [5, 5.41) is 0.655. The molecular weight excluding hydrogens is 351 g/mol. The fourth-order valence-electron chi connectivity index (χ4n) is 2.15. The highest BCUT2D eigenvalue weighted by Crippen LogP contribution is 2.29. The second-order valence-corrected chi connectivity index (χ2v) is 6.25. The fourth-order valence-corrected chi connectivity index (χ4v) is 3.03.